The molecule has 8 nitrogen and oxygen atoms in total. The Morgan fingerprint density at radius 1 is 0.529 bits per heavy atom. The summed E-state index contributed by atoms with van der Waals surface area (Å²) in [6.45, 7) is 3.55. The molecular formula is C42H75O8P. The second-order valence-electron chi connectivity index (χ2n) is 13.6. The Hall–Kier alpha value is -1.99. The van der Waals surface area contributed by atoms with Gasteiger partial charge in [-0.2, -0.15) is 0 Å². The van der Waals surface area contributed by atoms with Crippen LogP contribution in [-0.4, -0.2) is 41.0 Å². The number of carbonyl (C=O) groups is 2. The normalized spacial score (nSPS) is 12.9. The van der Waals surface area contributed by atoms with E-state index in [-0.39, 0.29) is 19.4 Å². The number of allylic oxidation sites excluding steroid dienone is 8. The lowest BCUT2D eigenvalue weighted by atomic mass is 10.1. The number of ether oxygens (including phenoxy) is 2. The number of unbranched alkanes of at least 4 members (excludes halogenated alkanes) is 19. The fraction of sp³-hybridized carbons (Fsp3) is 0.762. The second-order valence-corrected chi connectivity index (χ2v) is 14.8. The average molecular weight is 739 g/mol. The van der Waals surface area contributed by atoms with Crippen LogP contribution in [0.25, 0.3) is 0 Å². The summed E-state index contributed by atoms with van der Waals surface area (Å²) in [6.07, 6.45) is 45.4. The molecule has 0 aliphatic carbocycles. The van der Waals surface area contributed by atoms with Crippen LogP contribution in [0.1, 0.15) is 187 Å². The van der Waals surface area contributed by atoms with Gasteiger partial charge in [0.15, 0.2) is 6.10 Å². The van der Waals surface area contributed by atoms with Gasteiger partial charge in [-0.05, 0) is 70.6 Å². The molecule has 9 heteroatoms. The summed E-state index contributed by atoms with van der Waals surface area (Å²) >= 11 is 0. The number of hydrogen-bond donors (Lipinski definition) is 2. The van der Waals surface area contributed by atoms with E-state index in [0.717, 1.165) is 77.0 Å². The van der Waals surface area contributed by atoms with Crippen LogP contribution < -0.4 is 0 Å². The number of carbonyl (C=O) groups excluding carboxylic acids is 2. The fourth-order valence-electron chi connectivity index (χ4n) is 5.56. The topological polar surface area (TPSA) is 119 Å². The van der Waals surface area contributed by atoms with Crippen molar-refractivity contribution in [2.45, 2.75) is 193 Å². The van der Waals surface area contributed by atoms with Gasteiger partial charge in [0.05, 0.1) is 6.61 Å². The van der Waals surface area contributed by atoms with Gasteiger partial charge in [0, 0.05) is 12.8 Å². The molecule has 0 amide bonds. The molecule has 0 aromatic heterocycles. The highest BCUT2D eigenvalue weighted by Gasteiger charge is 2.22. The minimum absolute atomic E-state index is 0.191. The quantitative estimate of drug-likeness (QED) is 0.0280. The van der Waals surface area contributed by atoms with E-state index in [1.807, 2.05) is 0 Å². The first-order chi connectivity index (χ1) is 24.8. The predicted octanol–water partition coefficient (Wildman–Crippen LogP) is 12.3. The van der Waals surface area contributed by atoms with Crippen molar-refractivity contribution in [1.29, 1.82) is 0 Å². The summed E-state index contributed by atoms with van der Waals surface area (Å²) in [4.78, 5) is 42.8. The molecule has 1 unspecified atom stereocenters. The SMILES string of the molecule is CC/C=C\C/C=C\C/C=C\CCCCCCCC(=O)OC(COC(=O)CCCCCCCCC/C=C\CCCCCCCCC)COP(=O)(O)O. The fourth-order valence-corrected chi connectivity index (χ4v) is 5.92. The molecule has 0 radical (unpaired) electrons. The molecule has 0 spiro atoms. The Kier molecular flexibility index (Phi) is 36.3. The van der Waals surface area contributed by atoms with Crippen LogP contribution in [0.15, 0.2) is 48.6 Å². The number of phosphoric acid groups is 1. The summed E-state index contributed by atoms with van der Waals surface area (Å²) in [6, 6.07) is 0. The molecule has 0 saturated carbocycles. The van der Waals surface area contributed by atoms with Crippen LogP contribution >= 0.6 is 7.82 Å². The van der Waals surface area contributed by atoms with Crippen molar-refractivity contribution in [1.82, 2.24) is 0 Å². The third-order valence-electron chi connectivity index (χ3n) is 8.58. The van der Waals surface area contributed by atoms with Gasteiger partial charge in [0.25, 0.3) is 0 Å². The Labute approximate surface area is 312 Å². The summed E-state index contributed by atoms with van der Waals surface area (Å²) in [5.41, 5.74) is 0. The van der Waals surface area contributed by atoms with Crippen molar-refractivity contribution in [2.24, 2.45) is 0 Å². The number of esters is 2. The molecule has 0 fully saturated rings. The smallest absolute Gasteiger partial charge is 0.462 e. The molecule has 51 heavy (non-hydrogen) atoms. The van der Waals surface area contributed by atoms with Crippen molar-refractivity contribution in [3.05, 3.63) is 48.6 Å². The molecular weight excluding hydrogens is 663 g/mol. The van der Waals surface area contributed by atoms with Gasteiger partial charge in [-0.1, -0.05) is 152 Å². The maximum atomic E-state index is 12.4. The Morgan fingerprint density at radius 3 is 1.43 bits per heavy atom. The Morgan fingerprint density at radius 2 is 0.941 bits per heavy atom. The van der Waals surface area contributed by atoms with Crippen molar-refractivity contribution >= 4 is 19.8 Å². The van der Waals surface area contributed by atoms with Crippen molar-refractivity contribution in [3.8, 4) is 0 Å². The molecule has 1 atom stereocenters. The minimum Gasteiger partial charge on any atom is -0.462 e. The Bertz CT molecular complexity index is 968. The summed E-state index contributed by atoms with van der Waals surface area (Å²) in [5.74, 6) is -0.910. The highest BCUT2D eigenvalue weighted by Crippen LogP contribution is 2.36. The second kappa shape index (κ2) is 37.8. The minimum atomic E-state index is -4.76. The number of rotatable bonds is 37. The zero-order valence-corrected chi connectivity index (χ0v) is 33.4. The maximum Gasteiger partial charge on any atom is 0.469 e. The summed E-state index contributed by atoms with van der Waals surface area (Å²) in [5, 5.41) is 0. The van der Waals surface area contributed by atoms with Crippen LogP contribution in [-0.2, 0) is 28.2 Å². The van der Waals surface area contributed by atoms with E-state index in [1.54, 1.807) is 0 Å². The standard InChI is InChI=1S/C42H75O8P/c1-3-5-7-9-11-13-15-17-19-20-21-23-24-26-28-30-32-34-36-41(43)48-38-40(39-49-51(45,46)47)50-42(44)37-35-33-31-29-27-25-22-18-16-14-12-10-8-6-4-2/h6,8,12,14,18-20,22,40H,3-5,7,9-11,13,15-17,21,23-39H2,1-2H3,(H2,45,46,47)/b8-6-,14-12-,20-19-,22-18-. The maximum absolute atomic E-state index is 12.4. The molecule has 0 heterocycles. The highest BCUT2D eigenvalue weighted by molar-refractivity contribution is 7.46. The van der Waals surface area contributed by atoms with Gasteiger partial charge in [-0.15, -0.1) is 0 Å². The van der Waals surface area contributed by atoms with Crippen molar-refractivity contribution < 1.29 is 37.9 Å². The van der Waals surface area contributed by atoms with Crippen molar-refractivity contribution in [3.63, 3.8) is 0 Å². The monoisotopic (exact) mass is 739 g/mol. The van der Waals surface area contributed by atoms with Gasteiger partial charge in [0.1, 0.15) is 6.61 Å². The lowest BCUT2D eigenvalue weighted by molar-refractivity contribution is -0.161. The predicted molar refractivity (Wildman–Crippen MR) is 211 cm³/mol. The van der Waals surface area contributed by atoms with E-state index >= 15 is 0 Å². The van der Waals surface area contributed by atoms with E-state index in [9.17, 15) is 14.2 Å². The lowest BCUT2D eigenvalue weighted by Crippen LogP contribution is -2.29. The van der Waals surface area contributed by atoms with E-state index in [2.05, 4.69) is 67.0 Å². The first-order valence-electron chi connectivity index (χ1n) is 20.4. The summed E-state index contributed by atoms with van der Waals surface area (Å²) < 4.78 is 26.3. The molecule has 0 aliphatic heterocycles. The Balaban J connectivity index is 3.95. The molecule has 0 aliphatic rings. The molecule has 0 rings (SSSR count). The summed E-state index contributed by atoms with van der Waals surface area (Å²) in [7, 11) is -4.76. The van der Waals surface area contributed by atoms with Gasteiger partial charge in [-0.25, -0.2) is 4.57 Å². The van der Waals surface area contributed by atoms with Crippen LogP contribution in [0.5, 0.6) is 0 Å². The third kappa shape index (κ3) is 40.6. The molecule has 0 saturated heterocycles. The molecule has 0 aromatic rings. The number of phosphoric ester groups is 1. The molecule has 0 aromatic carbocycles. The average Bonchev–Trinajstić information content (AvgIpc) is 3.10. The largest absolute Gasteiger partial charge is 0.469 e. The molecule has 296 valence electrons. The van der Waals surface area contributed by atoms with Gasteiger partial charge >= 0.3 is 19.8 Å². The lowest BCUT2D eigenvalue weighted by Gasteiger charge is -2.18. The zero-order chi connectivity index (χ0) is 37.5. The first kappa shape index (κ1) is 49.0. The molecule has 0 bridgehead atoms. The van der Waals surface area contributed by atoms with Crippen molar-refractivity contribution in [2.75, 3.05) is 13.2 Å². The third-order valence-corrected chi connectivity index (χ3v) is 9.07. The van der Waals surface area contributed by atoms with Gasteiger partial charge in [0.2, 0.25) is 0 Å². The highest BCUT2D eigenvalue weighted by atomic mass is 31.2. The van der Waals surface area contributed by atoms with Crippen LogP contribution in [0, 0.1) is 0 Å². The first-order valence-corrected chi connectivity index (χ1v) is 22.0. The van der Waals surface area contributed by atoms with Gasteiger partial charge in [-0.3, -0.25) is 14.1 Å². The van der Waals surface area contributed by atoms with E-state index in [1.165, 1.54) is 70.6 Å². The van der Waals surface area contributed by atoms with E-state index in [0.29, 0.717) is 12.8 Å². The van der Waals surface area contributed by atoms with Crippen LogP contribution in [0.2, 0.25) is 0 Å². The number of hydrogen-bond acceptors (Lipinski definition) is 6. The molecule has 2 N–H and O–H groups in total. The van der Waals surface area contributed by atoms with E-state index < -0.39 is 32.5 Å². The van der Waals surface area contributed by atoms with Crippen LogP contribution in [0.4, 0.5) is 0 Å². The zero-order valence-electron chi connectivity index (χ0n) is 32.5. The van der Waals surface area contributed by atoms with Gasteiger partial charge < -0.3 is 19.3 Å². The van der Waals surface area contributed by atoms with Crippen LogP contribution in [0.3, 0.4) is 0 Å². The van der Waals surface area contributed by atoms with E-state index in [4.69, 9.17) is 19.3 Å².